The van der Waals surface area contributed by atoms with Gasteiger partial charge in [0.2, 0.25) is 0 Å². The van der Waals surface area contributed by atoms with E-state index in [9.17, 15) is 0 Å². The van der Waals surface area contributed by atoms with E-state index in [2.05, 4.69) is 15.3 Å². The molecule has 0 saturated carbocycles. The highest BCUT2D eigenvalue weighted by Gasteiger charge is 2.02. The zero-order valence-corrected chi connectivity index (χ0v) is 9.90. The molecular formula is C11H14N4S. The standard InChI is InChI=1S/C11H14N4S/c1-13-11(12)16-7-6-10-14-8-4-2-3-5-9(8)15-10/h2-5H,6-7H2,1H3,(H2,12,13)(H,14,15). The Labute approximate surface area is 98.4 Å². The van der Waals surface area contributed by atoms with Gasteiger partial charge in [0.1, 0.15) is 5.82 Å². The molecule has 0 aliphatic carbocycles. The van der Waals surface area contributed by atoms with Gasteiger partial charge in [0, 0.05) is 19.2 Å². The monoisotopic (exact) mass is 234 g/mol. The maximum Gasteiger partial charge on any atom is 0.153 e. The molecule has 0 atom stereocenters. The fraction of sp³-hybridized carbons (Fsp3) is 0.273. The third-order valence-electron chi connectivity index (χ3n) is 2.25. The van der Waals surface area contributed by atoms with E-state index in [1.165, 1.54) is 11.8 Å². The molecule has 1 heterocycles. The number of hydrogen-bond acceptors (Lipinski definition) is 3. The Bertz CT molecular complexity index is 458. The molecule has 5 heteroatoms. The van der Waals surface area contributed by atoms with Gasteiger partial charge in [0.05, 0.1) is 11.0 Å². The molecule has 1 aromatic heterocycles. The van der Waals surface area contributed by atoms with Gasteiger partial charge in [-0.3, -0.25) is 5.41 Å². The summed E-state index contributed by atoms with van der Waals surface area (Å²) in [6.07, 6.45) is 0.851. The average Bonchev–Trinajstić information content (AvgIpc) is 2.71. The van der Waals surface area contributed by atoms with E-state index in [4.69, 9.17) is 5.41 Å². The summed E-state index contributed by atoms with van der Waals surface area (Å²) in [5, 5.41) is 10.7. The van der Waals surface area contributed by atoms with Gasteiger partial charge in [-0.1, -0.05) is 23.9 Å². The number of thioether (sulfide) groups is 1. The lowest BCUT2D eigenvalue weighted by atomic mass is 10.3. The summed E-state index contributed by atoms with van der Waals surface area (Å²) < 4.78 is 0. The van der Waals surface area contributed by atoms with E-state index in [1.807, 2.05) is 24.3 Å². The van der Waals surface area contributed by atoms with Crippen molar-refractivity contribution >= 4 is 28.0 Å². The fourth-order valence-electron chi connectivity index (χ4n) is 1.45. The van der Waals surface area contributed by atoms with Crippen LogP contribution >= 0.6 is 11.8 Å². The zero-order valence-electron chi connectivity index (χ0n) is 9.08. The lowest BCUT2D eigenvalue weighted by Gasteiger charge is -1.99. The minimum Gasteiger partial charge on any atom is -0.368 e. The Morgan fingerprint density at radius 1 is 1.50 bits per heavy atom. The Morgan fingerprint density at radius 3 is 3.06 bits per heavy atom. The number of benzene rings is 1. The number of amidine groups is 1. The summed E-state index contributed by atoms with van der Waals surface area (Å²) in [7, 11) is 1.76. The molecule has 0 aliphatic heterocycles. The molecule has 0 fully saturated rings. The third-order valence-corrected chi connectivity index (χ3v) is 3.15. The second-order valence-electron chi connectivity index (χ2n) is 3.38. The van der Waals surface area contributed by atoms with Gasteiger partial charge in [0.25, 0.3) is 0 Å². The van der Waals surface area contributed by atoms with Crippen molar-refractivity contribution in [1.29, 1.82) is 5.41 Å². The van der Waals surface area contributed by atoms with Crippen molar-refractivity contribution in [2.75, 3.05) is 12.8 Å². The van der Waals surface area contributed by atoms with E-state index >= 15 is 0 Å². The summed E-state index contributed by atoms with van der Waals surface area (Å²) >= 11 is 1.49. The number of nitrogens with zero attached hydrogens (tertiary/aromatic N) is 1. The first-order chi connectivity index (χ1) is 7.79. The van der Waals surface area contributed by atoms with Crippen LogP contribution in [0.4, 0.5) is 0 Å². The van der Waals surface area contributed by atoms with Gasteiger partial charge in [-0.05, 0) is 12.1 Å². The molecule has 84 valence electrons. The first-order valence-electron chi connectivity index (χ1n) is 5.12. The Balaban J connectivity index is 1.97. The Kier molecular flexibility index (Phi) is 3.46. The van der Waals surface area contributed by atoms with Crippen LogP contribution in [0.25, 0.3) is 11.0 Å². The molecule has 1 aromatic carbocycles. The topological polar surface area (TPSA) is 64.6 Å². The molecule has 0 saturated heterocycles. The van der Waals surface area contributed by atoms with E-state index in [0.29, 0.717) is 5.17 Å². The van der Waals surface area contributed by atoms with E-state index in [-0.39, 0.29) is 0 Å². The van der Waals surface area contributed by atoms with Crippen molar-refractivity contribution in [3.05, 3.63) is 30.1 Å². The number of hydrogen-bond donors (Lipinski definition) is 3. The maximum absolute atomic E-state index is 7.43. The Morgan fingerprint density at radius 2 is 2.31 bits per heavy atom. The van der Waals surface area contributed by atoms with Crippen molar-refractivity contribution in [2.45, 2.75) is 6.42 Å². The lowest BCUT2D eigenvalue weighted by molar-refractivity contribution is 1.01. The molecular weight excluding hydrogens is 220 g/mol. The molecule has 2 rings (SSSR count). The van der Waals surface area contributed by atoms with Crippen LogP contribution in [0.15, 0.2) is 24.3 Å². The average molecular weight is 234 g/mol. The summed E-state index contributed by atoms with van der Waals surface area (Å²) in [4.78, 5) is 7.75. The highest BCUT2D eigenvalue weighted by molar-refractivity contribution is 8.13. The van der Waals surface area contributed by atoms with Crippen LogP contribution in [0.3, 0.4) is 0 Å². The van der Waals surface area contributed by atoms with Crippen molar-refractivity contribution in [3.8, 4) is 0 Å². The highest BCUT2D eigenvalue weighted by atomic mass is 32.2. The first-order valence-corrected chi connectivity index (χ1v) is 6.11. The van der Waals surface area contributed by atoms with Crippen molar-refractivity contribution < 1.29 is 0 Å². The second kappa shape index (κ2) is 5.03. The number of para-hydroxylation sites is 2. The number of nitrogens with one attached hydrogen (secondary N) is 3. The summed E-state index contributed by atoms with van der Waals surface area (Å²) in [5.41, 5.74) is 2.08. The number of rotatable bonds is 3. The van der Waals surface area contributed by atoms with Crippen LogP contribution in [0.1, 0.15) is 5.82 Å². The first kappa shape index (κ1) is 11.0. The number of fused-ring (bicyclic) bond motifs is 1. The number of aromatic amines is 1. The van der Waals surface area contributed by atoms with Gasteiger partial charge in [0.15, 0.2) is 5.17 Å². The second-order valence-corrected chi connectivity index (χ2v) is 4.48. The van der Waals surface area contributed by atoms with Crippen molar-refractivity contribution in [1.82, 2.24) is 15.3 Å². The zero-order chi connectivity index (χ0) is 11.4. The molecule has 3 N–H and O–H groups in total. The molecule has 0 aliphatic rings. The SMILES string of the molecule is CNC(=N)SCCc1nc2ccccc2[nH]1. The number of aromatic nitrogens is 2. The predicted molar refractivity (Wildman–Crippen MR) is 69.0 cm³/mol. The fourth-order valence-corrected chi connectivity index (χ4v) is 2.09. The largest absolute Gasteiger partial charge is 0.368 e. The smallest absolute Gasteiger partial charge is 0.153 e. The lowest BCUT2D eigenvalue weighted by Crippen LogP contribution is -2.13. The summed E-state index contributed by atoms with van der Waals surface area (Å²) in [6, 6.07) is 8.00. The molecule has 0 unspecified atom stereocenters. The third kappa shape index (κ3) is 2.55. The van der Waals surface area contributed by atoms with Crippen LogP contribution in [0.5, 0.6) is 0 Å². The van der Waals surface area contributed by atoms with Crippen LogP contribution in [0, 0.1) is 5.41 Å². The van der Waals surface area contributed by atoms with Crippen LogP contribution in [0.2, 0.25) is 0 Å². The molecule has 0 radical (unpaired) electrons. The molecule has 0 amide bonds. The molecule has 0 bridgehead atoms. The quantitative estimate of drug-likeness (QED) is 0.562. The minimum atomic E-state index is 0.496. The van der Waals surface area contributed by atoms with Gasteiger partial charge < -0.3 is 10.3 Å². The van der Waals surface area contributed by atoms with Gasteiger partial charge in [-0.15, -0.1) is 0 Å². The molecule has 16 heavy (non-hydrogen) atoms. The van der Waals surface area contributed by atoms with Crippen LogP contribution < -0.4 is 5.32 Å². The molecule has 0 spiro atoms. The number of aryl methyl sites for hydroxylation is 1. The van der Waals surface area contributed by atoms with E-state index in [1.54, 1.807) is 7.05 Å². The molecule has 4 nitrogen and oxygen atoms in total. The van der Waals surface area contributed by atoms with Crippen molar-refractivity contribution in [3.63, 3.8) is 0 Å². The minimum absolute atomic E-state index is 0.496. The van der Waals surface area contributed by atoms with Gasteiger partial charge >= 0.3 is 0 Å². The number of imidazole rings is 1. The predicted octanol–water partition coefficient (Wildman–Crippen LogP) is 1.99. The van der Waals surface area contributed by atoms with Crippen LogP contribution in [-0.4, -0.2) is 27.9 Å². The highest BCUT2D eigenvalue weighted by Crippen LogP contribution is 2.12. The van der Waals surface area contributed by atoms with Gasteiger partial charge in [-0.2, -0.15) is 0 Å². The van der Waals surface area contributed by atoms with E-state index in [0.717, 1.165) is 29.0 Å². The van der Waals surface area contributed by atoms with Crippen LogP contribution in [-0.2, 0) is 6.42 Å². The van der Waals surface area contributed by atoms with E-state index < -0.39 is 0 Å². The summed E-state index contributed by atoms with van der Waals surface area (Å²) in [6.45, 7) is 0. The summed E-state index contributed by atoms with van der Waals surface area (Å²) in [5.74, 6) is 1.84. The van der Waals surface area contributed by atoms with Gasteiger partial charge in [-0.25, -0.2) is 4.98 Å². The maximum atomic E-state index is 7.43. The normalized spacial score (nSPS) is 10.6. The van der Waals surface area contributed by atoms with Crippen molar-refractivity contribution in [2.24, 2.45) is 0 Å². The molecule has 2 aromatic rings. The number of H-pyrrole nitrogens is 1. The Hall–Kier alpha value is -1.49.